The molecule has 0 aromatic carbocycles. The Labute approximate surface area is 107 Å². The number of hydrogen-bond acceptors (Lipinski definition) is 3. The third-order valence-electron chi connectivity index (χ3n) is 3.65. The van der Waals surface area contributed by atoms with Gasteiger partial charge in [0, 0.05) is 43.9 Å². The molecule has 102 valence electrons. The second kappa shape index (κ2) is 5.25. The van der Waals surface area contributed by atoms with E-state index in [2.05, 4.69) is 51.3 Å². The molecule has 0 radical (unpaired) electrons. The average Bonchev–Trinajstić information content (AvgIpc) is 2.15. The monoisotopic (exact) mass is 242 g/mol. The lowest BCUT2D eigenvalue weighted by Gasteiger charge is -2.51. The Bertz CT molecular complexity index is 240. The molecule has 1 aliphatic heterocycles. The van der Waals surface area contributed by atoms with Gasteiger partial charge in [0.1, 0.15) is 0 Å². The zero-order chi connectivity index (χ0) is 13.3. The van der Waals surface area contributed by atoms with Crippen LogP contribution in [0.2, 0.25) is 0 Å². The van der Waals surface area contributed by atoms with Gasteiger partial charge in [-0.25, -0.2) is 0 Å². The number of piperazine rings is 1. The first-order valence-corrected chi connectivity index (χ1v) is 6.67. The molecule has 3 nitrogen and oxygen atoms in total. The van der Waals surface area contributed by atoms with Gasteiger partial charge >= 0.3 is 0 Å². The lowest BCUT2D eigenvalue weighted by Crippen LogP contribution is -2.63. The normalized spacial score (nSPS) is 25.2. The summed E-state index contributed by atoms with van der Waals surface area (Å²) in [4.78, 5) is 5.15. The van der Waals surface area contributed by atoms with Crippen molar-refractivity contribution in [3.05, 3.63) is 0 Å². The molecule has 0 aliphatic carbocycles. The van der Waals surface area contributed by atoms with Crippen LogP contribution in [0.25, 0.3) is 0 Å². The van der Waals surface area contributed by atoms with Gasteiger partial charge in [-0.1, -0.05) is 0 Å². The number of nitrogens with zero attached hydrogens (tertiary/aromatic N) is 2. The van der Waals surface area contributed by atoms with E-state index in [1.54, 1.807) is 7.11 Å². The van der Waals surface area contributed by atoms with E-state index in [-0.39, 0.29) is 11.1 Å². The van der Waals surface area contributed by atoms with Crippen LogP contribution in [-0.2, 0) is 4.74 Å². The Morgan fingerprint density at radius 2 is 1.59 bits per heavy atom. The highest BCUT2D eigenvalue weighted by atomic mass is 16.5. The van der Waals surface area contributed by atoms with Crippen LogP contribution in [0.15, 0.2) is 0 Å². The van der Waals surface area contributed by atoms with Crippen molar-refractivity contribution in [3.63, 3.8) is 0 Å². The molecule has 0 saturated carbocycles. The lowest BCUT2D eigenvalue weighted by atomic mass is 9.97. The highest BCUT2D eigenvalue weighted by Gasteiger charge is 2.36. The molecule has 0 amide bonds. The Morgan fingerprint density at radius 1 is 1.00 bits per heavy atom. The smallest absolute Gasteiger partial charge is 0.0630 e. The van der Waals surface area contributed by atoms with E-state index in [9.17, 15) is 0 Å². The second-order valence-corrected chi connectivity index (χ2v) is 7.09. The molecule has 0 unspecified atom stereocenters. The van der Waals surface area contributed by atoms with E-state index in [4.69, 9.17) is 4.74 Å². The first kappa shape index (κ1) is 14.9. The Balaban J connectivity index is 2.74. The number of rotatable bonds is 2. The second-order valence-electron chi connectivity index (χ2n) is 7.09. The maximum atomic E-state index is 5.40. The molecule has 1 heterocycles. The predicted octanol–water partition coefficient (Wildman–Crippen LogP) is 2.22. The summed E-state index contributed by atoms with van der Waals surface area (Å²) in [7, 11) is 1.80. The predicted molar refractivity (Wildman–Crippen MR) is 73.4 cm³/mol. The van der Waals surface area contributed by atoms with Crippen LogP contribution in [0, 0.1) is 0 Å². The van der Waals surface area contributed by atoms with Crippen LogP contribution in [0.1, 0.15) is 41.5 Å². The van der Waals surface area contributed by atoms with Gasteiger partial charge in [0.2, 0.25) is 0 Å². The average molecular weight is 242 g/mol. The zero-order valence-corrected chi connectivity index (χ0v) is 12.7. The Hall–Kier alpha value is -0.120. The minimum Gasteiger partial charge on any atom is -0.383 e. The summed E-state index contributed by atoms with van der Waals surface area (Å²) in [5.74, 6) is 0. The van der Waals surface area contributed by atoms with Gasteiger partial charge in [-0.05, 0) is 41.5 Å². The molecule has 0 aromatic heterocycles. The summed E-state index contributed by atoms with van der Waals surface area (Å²) in [5.41, 5.74) is 0.489. The Kier molecular flexibility index (Phi) is 4.61. The van der Waals surface area contributed by atoms with Crippen molar-refractivity contribution in [2.45, 2.75) is 58.7 Å². The molecular formula is C14H30N2O. The molecule has 0 bridgehead atoms. The highest BCUT2D eigenvalue weighted by molar-refractivity contribution is 4.92. The van der Waals surface area contributed by atoms with Crippen LogP contribution in [-0.4, -0.2) is 60.3 Å². The van der Waals surface area contributed by atoms with Crippen LogP contribution in [0.4, 0.5) is 0 Å². The lowest BCUT2D eigenvalue weighted by molar-refractivity contribution is -0.0468. The van der Waals surface area contributed by atoms with Crippen LogP contribution in [0.5, 0.6) is 0 Å². The molecule has 17 heavy (non-hydrogen) atoms. The summed E-state index contributed by atoms with van der Waals surface area (Å²) in [6.45, 7) is 18.0. The van der Waals surface area contributed by atoms with E-state index >= 15 is 0 Å². The van der Waals surface area contributed by atoms with E-state index < -0.39 is 0 Å². The highest BCUT2D eigenvalue weighted by Crippen LogP contribution is 2.25. The fourth-order valence-corrected chi connectivity index (χ4v) is 2.68. The number of ether oxygens (including phenoxy) is 1. The third kappa shape index (κ3) is 3.94. The van der Waals surface area contributed by atoms with Crippen LogP contribution < -0.4 is 0 Å². The molecule has 0 spiro atoms. The van der Waals surface area contributed by atoms with Crippen LogP contribution >= 0.6 is 0 Å². The molecule has 1 saturated heterocycles. The van der Waals surface area contributed by atoms with Gasteiger partial charge in [0.05, 0.1) is 6.61 Å². The van der Waals surface area contributed by atoms with Gasteiger partial charge in [0.15, 0.2) is 0 Å². The fourth-order valence-electron chi connectivity index (χ4n) is 2.68. The number of hydrogen-bond donors (Lipinski definition) is 0. The first-order chi connectivity index (χ1) is 7.66. The van der Waals surface area contributed by atoms with Crippen molar-refractivity contribution in [2.75, 3.05) is 33.4 Å². The Morgan fingerprint density at radius 3 is 2.00 bits per heavy atom. The maximum absolute atomic E-state index is 5.40. The van der Waals surface area contributed by atoms with Crippen molar-refractivity contribution in [2.24, 2.45) is 0 Å². The molecule has 1 rings (SSSR count). The fraction of sp³-hybridized carbons (Fsp3) is 1.00. The summed E-state index contributed by atoms with van der Waals surface area (Å²) in [6.07, 6.45) is 0. The van der Waals surface area contributed by atoms with Gasteiger partial charge in [0.25, 0.3) is 0 Å². The third-order valence-corrected chi connectivity index (χ3v) is 3.65. The van der Waals surface area contributed by atoms with Crippen molar-refractivity contribution in [1.29, 1.82) is 0 Å². The van der Waals surface area contributed by atoms with E-state index in [1.165, 1.54) is 0 Å². The number of methoxy groups -OCH3 is 1. The van der Waals surface area contributed by atoms with E-state index in [0.29, 0.717) is 6.04 Å². The first-order valence-electron chi connectivity index (χ1n) is 6.67. The molecule has 1 aliphatic rings. The quantitative estimate of drug-likeness (QED) is 0.738. The summed E-state index contributed by atoms with van der Waals surface area (Å²) in [5, 5.41) is 0. The van der Waals surface area contributed by atoms with Gasteiger partial charge in [-0.3, -0.25) is 9.80 Å². The molecule has 3 heteroatoms. The molecule has 1 fully saturated rings. The van der Waals surface area contributed by atoms with Crippen LogP contribution in [0.3, 0.4) is 0 Å². The molecule has 0 N–H and O–H groups in total. The summed E-state index contributed by atoms with van der Waals surface area (Å²) < 4.78 is 5.40. The largest absolute Gasteiger partial charge is 0.383 e. The SMILES string of the molecule is COC[C@H]1CN(C(C)(C)C)CCN1C(C)(C)C. The van der Waals surface area contributed by atoms with Gasteiger partial charge < -0.3 is 4.74 Å². The van der Waals surface area contributed by atoms with Crippen molar-refractivity contribution in [3.8, 4) is 0 Å². The maximum Gasteiger partial charge on any atom is 0.0630 e. The van der Waals surface area contributed by atoms with E-state index in [1.807, 2.05) is 0 Å². The molecule has 0 aromatic rings. The topological polar surface area (TPSA) is 15.7 Å². The van der Waals surface area contributed by atoms with Gasteiger partial charge in [-0.15, -0.1) is 0 Å². The van der Waals surface area contributed by atoms with Crippen molar-refractivity contribution < 1.29 is 4.74 Å². The minimum absolute atomic E-state index is 0.229. The molecule has 1 atom stereocenters. The van der Waals surface area contributed by atoms with Crippen molar-refractivity contribution >= 4 is 0 Å². The van der Waals surface area contributed by atoms with Crippen molar-refractivity contribution in [1.82, 2.24) is 9.80 Å². The van der Waals surface area contributed by atoms with Gasteiger partial charge in [-0.2, -0.15) is 0 Å². The standard InChI is InChI=1S/C14H30N2O/c1-13(2,3)15-8-9-16(14(4,5)6)12(10-15)11-17-7/h12H,8-11H2,1-7H3/t12-/m1/s1. The van der Waals surface area contributed by atoms with E-state index in [0.717, 1.165) is 26.2 Å². The summed E-state index contributed by atoms with van der Waals surface area (Å²) >= 11 is 0. The molecular weight excluding hydrogens is 212 g/mol. The minimum atomic E-state index is 0.229. The zero-order valence-electron chi connectivity index (χ0n) is 12.7. The summed E-state index contributed by atoms with van der Waals surface area (Å²) in [6, 6.07) is 0.507.